The molecule has 7 nitrogen and oxygen atoms in total. The molecular formula is C23H33NO6S. The largest absolute Gasteiger partial charge is 0.387 e. The van der Waals surface area contributed by atoms with Gasteiger partial charge in [0.2, 0.25) is 0 Å². The lowest BCUT2D eigenvalue weighted by Crippen LogP contribution is -2.52. The minimum atomic E-state index is -0.955. The van der Waals surface area contributed by atoms with E-state index in [0.717, 1.165) is 10.3 Å². The molecule has 6 atom stereocenters. The molecule has 4 rings (SSSR count). The van der Waals surface area contributed by atoms with Crippen molar-refractivity contribution in [2.24, 2.45) is 0 Å². The smallest absolute Gasteiger partial charge is 0.163 e. The van der Waals surface area contributed by atoms with Gasteiger partial charge < -0.3 is 29.3 Å². The Labute approximate surface area is 187 Å². The van der Waals surface area contributed by atoms with Crippen molar-refractivity contribution in [1.29, 1.82) is 0 Å². The fraction of sp³-hybridized carbons (Fsp3) is 0.652. The number of fused-ring (bicyclic) bond motifs is 1. The van der Waals surface area contributed by atoms with Crippen LogP contribution in [0, 0.1) is 0 Å². The molecule has 0 radical (unpaired) electrons. The van der Waals surface area contributed by atoms with Gasteiger partial charge in [0.05, 0.1) is 18.7 Å². The van der Waals surface area contributed by atoms with Crippen LogP contribution in [-0.4, -0.2) is 64.0 Å². The van der Waals surface area contributed by atoms with Crippen molar-refractivity contribution in [2.75, 3.05) is 6.61 Å². The van der Waals surface area contributed by atoms with E-state index < -0.39 is 42.0 Å². The maximum atomic E-state index is 11.1. The van der Waals surface area contributed by atoms with Gasteiger partial charge in [0.25, 0.3) is 0 Å². The van der Waals surface area contributed by atoms with E-state index in [-0.39, 0.29) is 12.6 Å². The van der Waals surface area contributed by atoms with E-state index in [0.29, 0.717) is 0 Å². The summed E-state index contributed by atoms with van der Waals surface area (Å²) in [4.78, 5) is 1.06. The van der Waals surface area contributed by atoms with Crippen molar-refractivity contribution >= 4 is 21.4 Å². The van der Waals surface area contributed by atoms with Crippen LogP contribution in [0.2, 0.25) is 0 Å². The predicted molar refractivity (Wildman–Crippen MR) is 118 cm³/mol. The topological polar surface area (TPSA) is 80.6 Å². The third-order valence-corrected chi connectivity index (χ3v) is 7.34. The maximum Gasteiger partial charge on any atom is 0.163 e. The second-order valence-corrected chi connectivity index (χ2v) is 10.5. The molecule has 8 heteroatoms. The first-order valence-electron chi connectivity index (χ1n) is 10.8. The predicted octanol–water partition coefficient (Wildman–Crippen LogP) is 4.07. The molecule has 31 heavy (non-hydrogen) atoms. The minimum Gasteiger partial charge on any atom is -0.387 e. The highest BCUT2D eigenvalue weighted by Crippen LogP contribution is 2.39. The number of aliphatic hydroxyl groups excluding tert-OH is 1. The molecule has 172 valence electrons. The second kappa shape index (κ2) is 8.35. The average Bonchev–Trinajstić information content (AvgIpc) is 3.39. The molecule has 0 amide bonds. The lowest BCUT2D eigenvalue weighted by atomic mass is 9.98. The second-order valence-electron chi connectivity index (χ2n) is 9.41. The Kier molecular flexibility index (Phi) is 6.22. The number of hydrogen-bond donors (Lipinski definition) is 2. The quantitative estimate of drug-likeness (QED) is 0.641. The first-order valence-corrected chi connectivity index (χ1v) is 11.6. The van der Waals surface area contributed by atoms with Gasteiger partial charge in [-0.1, -0.05) is 18.2 Å². The first kappa shape index (κ1) is 23.1. The average molecular weight is 452 g/mol. The summed E-state index contributed by atoms with van der Waals surface area (Å²) in [7, 11) is 0. The Morgan fingerprint density at radius 3 is 2.35 bits per heavy atom. The molecule has 1 aromatic heterocycles. The highest BCUT2D eigenvalue weighted by Gasteiger charge is 2.52. The molecular weight excluding hydrogens is 418 g/mol. The molecule has 2 unspecified atom stereocenters. The third kappa shape index (κ3) is 4.67. The Bertz CT molecular complexity index is 881. The molecule has 1 aromatic carbocycles. The van der Waals surface area contributed by atoms with Gasteiger partial charge >= 0.3 is 0 Å². The zero-order valence-electron chi connectivity index (χ0n) is 18.9. The van der Waals surface area contributed by atoms with E-state index in [1.54, 1.807) is 11.3 Å². The number of hydrogen-bond acceptors (Lipinski definition) is 8. The van der Waals surface area contributed by atoms with E-state index in [1.165, 1.54) is 9.76 Å². The van der Waals surface area contributed by atoms with Crippen molar-refractivity contribution in [3.8, 4) is 0 Å². The van der Waals surface area contributed by atoms with Gasteiger partial charge in [-0.15, -0.1) is 11.3 Å². The summed E-state index contributed by atoms with van der Waals surface area (Å²) in [6.45, 7) is 11.4. The van der Waals surface area contributed by atoms with Crippen LogP contribution >= 0.6 is 11.3 Å². The number of benzene rings is 1. The molecule has 0 spiro atoms. The summed E-state index contributed by atoms with van der Waals surface area (Å²) in [6, 6.07) is 9.60. The molecule has 3 heterocycles. The third-order valence-electron chi connectivity index (χ3n) is 6.06. The number of rotatable bonds is 6. The van der Waals surface area contributed by atoms with Crippen molar-refractivity contribution in [2.45, 2.75) is 89.6 Å². The summed E-state index contributed by atoms with van der Waals surface area (Å²) in [5, 5.41) is 24.6. The number of aliphatic hydroxyl groups is 1. The van der Waals surface area contributed by atoms with Crippen LogP contribution in [0.3, 0.4) is 0 Å². The Hall–Kier alpha value is -1.10. The lowest BCUT2D eigenvalue weighted by Gasteiger charge is -2.35. The number of hydroxylamine groups is 2. The summed E-state index contributed by atoms with van der Waals surface area (Å²) in [6.07, 6.45) is -2.71. The summed E-state index contributed by atoms with van der Waals surface area (Å²) >= 11 is 1.66. The first-order chi connectivity index (χ1) is 14.5. The van der Waals surface area contributed by atoms with Gasteiger partial charge in [0, 0.05) is 9.58 Å². The van der Waals surface area contributed by atoms with Gasteiger partial charge in [-0.05, 0) is 59.1 Å². The fourth-order valence-corrected chi connectivity index (χ4v) is 5.50. The standard InChI is InChI=1S/C23H33NO6S/c1-13(18-11-15-9-7-8-10-17(15)31-18)24(26)14(2)20-21(30-23(5,6)29-20)19(25)16-12-27-22(3,4)28-16/h7-11,13-14,16,19-21,25-26H,12H2,1-6H3/t13?,14?,16-,19-,20-,21+/m1/s1. The van der Waals surface area contributed by atoms with Gasteiger partial charge in [-0.2, -0.15) is 5.06 Å². The number of nitrogens with zero attached hydrogens (tertiary/aromatic N) is 1. The summed E-state index contributed by atoms with van der Waals surface area (Å²) < 4.78 is 24.9. The zero-order valence-corrected chi connectivity index (χ0v) is 19.8. The SMILES string of the molecule is CC(c1cc2ccccc2s1)N(O)C(C)[C@H]1OC(C)(C)O[C@H]1[C@H](O)[C@H]1COC(C)(C)O1. The van der Waals surface area contributed by atoms with E-state index in [4.69, 9.17) is 18.9 Å². The Morgan fingerprint density at radius 2 is 1.71 bits per heavy atom. The van der Waals surface area contributed by atoms with Crippen LogP contribution in [-0.2, 0) is 18.9 Å². The monoisotopic (exact) mass is 451 g/mol. The molecule has 0 bridgehead atoms. The zero-order chi connectivity index (χ0) is 22.6. The molecule has 2 N–H and O–H groups in total. The Morgan fingerprint density at radius 1 is 1.03 bits per heavy atom. The van der Waals surface area contributed by atoms with Crippen LogP contribution in [0.15, 0.2) is 30.3 Å². The van der Waals surface area contributed by atoms with Gasteiger partial charge in [-0.25, -0.2) is 0 Å². The van der Waals surface area contributed by atoms with Gasteiger partial charge in [-0.3, -0.25) is 0 Å². The van der Waals surface area contributed by atoms with E-state index in [2.05, 4.69) is 18.2 Å². The normalized spacial score (nSPS) is 30.7. The van der Waals surface area contributed by atoms with Gasteiger partial charge in [0.1, 0.15) is 24.4 Å². The van der Waals surface area contributed by atoms with E-state index in [9.17, 15) is 10.3 Å². The van der Waals surface area contributed by atoms with Crippen LogP contribution < -0.4 is 0 Å². The number of thiophene rings is 1. The van der Waals surface area contributed by atoms with Crippen molar-refractivity contribution in [3.63, 3.8) is 0 Å². The van der Waals surface area contributed by atoms with Crippen molar-refractivity contribution in [1.82, 2.24) is 5.06 Å². The maximum absolute atomic E-state index is 11.1. The molecule has 2 saturated heterocycles. The van der Waals surface area contributed by atoms with E-state index in [1.807, 2.05) is 53.7 Å². The van der Waals surface area contributed by atoms with Crippen molar-refractivity contribution in [3.05, 3.63) is 35.2 Å². The summed E-state index contributed by atoms with van der Waals surface area (Å²) in [5.41, 5.74) is 0. The number of ether oxygens (including phenoxy) is 4. The highest BCUT2D eigenvalue weighted by atomic mass is 32.1. The molecule has 0 aliphatic carbocycles. The van der Waals surface area contributed by atoms with Gasteiger partial charge in [0.15, 0.2) is 11.6 Å². The minimum absolute atomic E-state index is 0.248. The molecule has 2 aromatic rings. The highest BCUT2D eigenvalue weighted by molar-refractivity contribution is 7.19. The molecule has 2 aliphatic heterocycles. The van der Waals surface area contributed by atoms with Crippen LogP contribution in [0.4, 0.5) is 0 Å². The van der Waals surface area contributed by atoms with E-state index >= 15 is 0 Å². The van der Waals surface area contributed by atoms with Crippen LogP contribution in [0.25, 0.3) is 10.1 Å². The molecule has 2 aliphatic rings. The van der Waals surface area contributed by atoms with Crippen LogP contribution in [0.5, 0.6) is 0 Å². The molecule has 0 saturated carbocycles. The van der Waals surface area contributed by atoms with Crippen molar-refractivity contribution < 1.29 is 29.3 Å². The van der Waals surface area contributed by atoms with Crippen LogP contribution in [0.1, 0.15) is 52.5 Å². The summed E-state index contributed by atoms with van der Waals surface area (Å²) in [5.74, 6) is -1.64. The fourth-order valence-electron chi connectivity index (χ4n) is 4.39. The lowest BCUT2D eigenvalue weighted by molar-refractivity contribution is -0.196. The Balaban J connectivity index is 1.52. The molecule has 2 fully saturated rings.